The molecular weight excluding hydrogens is 652 g/mol. The summed E-state index contributed by atoms with van der Waals surface area (Å²) < 4.78 is 0. The first kappa shape index (κ1) is 42.3. The van der Waals surface area contributed by atoms with Crippen molar-refractivity contribution in [2.24, 2.45) is 11.3 Å². The Bertz CT molecular complexity index is 1430. The summed E-state index contributed by atoms with van der Waals surface area (Å²) in [7, 11) is 0. The Balaban J connectivity index is 2.65. The summed E-state index contributed by atoms with van der Waals surface area (Å²) in [6.45, 7) is 20.7. The summed E-state index contributed by atoms with van der Waals surface area (Å²) in [5.41, 5.74) is -6.29. The zero-order valence-corrected chi connectivity index (χ0v) is 31.3. The van der Waals surface area contributed by atoms with Crippen molar-refractivity contribution in [1.29, 1.82) is 0 Å². The summed E-state index contributed by atoms with van der Waals surface area (Å²) >= 11 is 0. The molecule has 0 N–H and O–H groups in total. The average Bonchev–Trinajstić information content (AvgIpc) is 3.10. The van der Waals surface area contributed by atoms with Crippen LogP contribution in [0.5, 0.6) is 0 Å². The van der Waals surface area contributed by atoms with Crippen molar-refractivity contribution in [3.8, 4) is 0 Å². The normalized spacial score (nSPS) is 16.2. The van der Waals surface area contributed by atoms with E-state index in [0.717, 1.165) is 12.2 Å². The number of hydrogen-bond donors (Lipinski definition) is 0. The zero-order valence-electron chi connectivity index (χ0n) is 31.3. The van der Waals surface area contributed by atoms with Gasteiger partial charge in [-0.25, -0.2) is 19.2 Å². The number of rotatable bonds is 18. The van der Waals surface area contributed by atoms with Gasteiger partial charge in [0.1, 0.15) is 28.3 Å². The molecule has 13 nitrogen and oxygen atoms in total. The van der Waals surface area contributed by atoms with E-state index in [9.17, 15) is 24.0 Å². The lowest BCUT2D eigenvalue weighted by atomic mass is 9.70. The van der Waals surface area contributed by atoms with Crippen molar-refractivity contribution >= 4 is 29.7 Å². The topological polar surface area (TPSA) is 159 Å². The summed E-state index contributed by atoms with van der Waals surface area (Å²) in [6.07, 6.45) is 5.07. The molecule has 0 heterocycles. The van der Waals surface area contributed by atoms with E-state index in [0.29, 0.717) is 25.7 Å². The van der Waals surface area contributed by atoms with Gasteiger partial charge < -0.3 is 0 Å². The number of carbonyl (C=O) groups is 5. The van der Waals surface area contributed by atoms with Gasteiger partial charge in [0.2, 0.25) is 5.41 Å². The maximum Gasteiger partial charge on any atom is 0.373 e. The molecule has 50 heavy (non-hydrogen) atoms. The molecule has 1 aliphatic carbocycles. The standard InChI is InChI=1S/C37H52O13/c1-13-33(5,6)47-43-29(39)26-19-17-18-24(22-26)28(38)25-20-21-37(31(41)45-49-35(9,10)15-3,32(42)46-50-36(11,12)16-4)27(23-25)30(40)44-48-34(7,8)14-2/h17-23,27H,13-16H2,1-12H3. The largest absolute Gasteiger partial charge is 0.373 e. The molecule has 0 saturated carbocycles. The number of ketones is 1. The lowest BCUT2D eigenvalue weighted by Gasteiger charge is -2.34. The van der Waals surface area contributed by atoms with E-state index in [1.807, 2.05) is 6.92 Å². The van der Waals surface area contributed by atoms with Crippen LogP contribution >= 0.6 is 0 Å². The SMILES string of the molecule is CCC(C)(C)OOC(=O)c1cccc(C(=O)C2=CC(C(=O)OOC(C)(C)CC)C(C(=O)OOC(C)(C)CC)(C(=O)OOC(C)(C)CC)C=C2)c1. The molecule has 0 bridgehead atoms. The Morgan fingerprint density at radius 3 is 1.50 bits per heavy atom. The Morgan fingerprint density at radius 1 is 0.620 bits per heavy atom. The Morgan fingerprint density at radius 2 is 1.04 bits per heavy atom. The van der Waals surface area contributed by atoms with Crippen molar-refractivity contribution in [3.05, 3.63) is 59.2 Å². The Kier molecular flexibility index (Phi) is 14.3. The molecule has 2 rings (SSSR count). The molecule has 13 heteroatoms. The molecule has 0 radical (unpaired) electrons. The molecule has 0 fully saturated rings. The van der Waals surface area contributed by atoms with E-state index in [1.54, 1.807) is 76.2 Å². The van der Waals surface area contributed by atoms with Crippen molar-refractivity contribution in [3.63, 3.8) is 0 Å². The average molecular weight is 705 g/mol. The first-order valence-electron chi connectivity index (χ1n) is 16.7. The molecule has 0 amide bonds. The van der Waals surface area contributed by atoms with Gasteiger partial charge in [0.25, 0.3) is 0 Å². The van der Waals surface area contributed by atoms with Crippen LogP contribution in [0, 0.1) is 11.3 Å². The highest BCUT2D eigenvalue weighted by atomic mass is 17.2. The monoisotopic (exact) mass is 704 g/mol. The molecule has 278 valence electrons. The zero-order chi connectivity index (χ0) is 38.1. The van der Waals surface area contributed by atoms with Gasteiger partial charge >= 0.3 is 23.9 Å². The van der Waals surface area contributed by atoms with Crippen molar-refractivity contribution in [1.82, 2.24) is 0 Å². The minimum absolute atomic E-state index is 0.0159. The highest BCUT2D eigenvalue weighted by Gasteiger charge is 2.60. The van der Waals surface area contributed by atoms with E-state index >= 15 is 0 Å². The molecular formula is C37H52O13. The van der Waals surface area contributed by atoms with Gasteiger partial charge in [0.15, 0.2) is 5.78 Å². The van der Waals surface area contributed by atoms with Gasteiger partial charge in [0, 0.05) is 11.1 Å². The minimum Gasteiger partial charge on any atom is -0.297 e. The van der Waals surface area contributed by atoms with Gasteiger partial charge in [-0.15, -0.1) is 0 Å². The molecule has 0 aromatic heterocycles. The molecule has 1 atom stereocenters. The molecule has 1 unspecified atom stereocenters. The Hall–Kier alpha value is -3.91. The van der Waals surface area contributed by atoms with Crippen LogP contribution in [-0.4, -0.2) is 52.1 Å². The number of Topliss-reactive ketones (excluding diaryl/α,β-unsaturated/α-hetero) is 1. The van der Waals surface area contributed by atoms with Crippen LogP contribution in [0.2, 0.25) is 0 Å². The van der Waals surface area contributed by atoms with Gasteiger partial charge in [-0.3, -0.25) is 24.3 Å². The minimum atomic E-state index is -2.59. The van der Waals surface area contributed by atoms with Gasteiger partial charge in [-0.1, -0.05) is 58.1 Å². The second-order valence-corrected chi connectivity index (χ2v) is 14.5. The fourth-order valence-electron chi connectivity index (χ4n) is 3.60. The molecule has 0 spiro atoms. The van der Waals surface area contributed by atoms with Crippen molar-refractivity contribution < 1.29 is 63.1 Å². The van der Waals surface area contributed by atoms with Crippen LogP contribution in [-0.2, 0) is 53.5 Å². The first-order valence-corrected chi connectivity index (χ1v) is 16.7. The van der Waals surface area contributed by atoms with Crippen LogP contribution in [0.25, 0.3) is 0 Å². The predicted octanol–water partition coefficient (Wildman–Crippen LogP) is 7.24. The number of benzene rings is 1. The third kappa shape index (κ3) is 11.0. The highest BCUT2D eigenvalue weighted by Crippen LogP contribution is 2.41. The maximum absolute atomic E-state index is 13.9. The fraction of sp³-hybridized carbons (Fsp3) is 0.595. The molecule has 0 saturated heterocycles. The quantitative estimate of drug-likeness (QED) is 0.0652. The van der Waals surface area contributed by atoms with Crippen molar-refractivity contribution in [2.45, 2.75) is 131 Å². The van der Waals surface area contributed by atoms with Crippen LogP contribution in [0.3, 0.4) is 0 Å². The maximum atomic E-state index is 13.9. The van der Waals surface area contributed by atoms with Gasteiger partial charge in [-0.05, 0) is 93.2 Å². The number of hydrogen-bond acceptors (Lipinski definition) is 13. The van der Waals surface area contributed by atoms with Crippen LogP contribution < -0.4 is 0 Å². The van der Waals surface area contributed by atoms with E-state index in [4.69, 9.17) is 39.1 Å². The smallest absolute Gasteiger partial charge is 0.297 e. The summed E-state index contributed by atoms with van der Waals surface area (Å²) in [5.74, 6) is -7.26. The van der Waals surface area contributed by atoms with E-state index in [1.165, 1.54) is 30.3 Å². The summed E-state index contributed by atoms with van der Waals surface area (Å²) in [5, 5.41) is 0. The van der Waals surface area contributed by atoms with E-state index < -0.39 is 63.4 Å². The highest BCUT2D eigenvalue weighted by molar-refractivity contribution is 6.14. The fourth-order valence-corrected chi connectivity index (χ4v) is 3.60. The van der Waals surface area contributed by atoms with Crippen LogP contribution in [0.4, 0.5) is 0 Å². The summed E-state index contributed by atoms with van der Waals surface area (Å²) in [4.78, 5) is 110. The molecule has 1 aliphatic rings. The number of carbonyl (C=O) groups excluding carboxylic acids is 5. The van der Waals surface area contributed by atoms with Crippen LogP contribution in [0.15, 0.2) is 48.1 Å². The van der Waals surface area contributed by atoms with Gasteiger partial charge in [-0.2, -0.15) is 19.6 Å². The van der Waals surface area contributed by atoms with Crippen molar-refractivity contribution in [2.75, 3.05) is 0 Å². The second-order valence-electron chi connectivity index (χ2n) is 14.5. The third-order valence-electron chi connectivity index (χ3n) is 8.70. The van der Waals surface area contributed by atoms with E-state index in [-0.39, 0.29) is 16.7 Å². The molecule has 1 aromatic rings. The molecule has 1 aromatic carbocycles. The van der Waals surface area contributed by atoms with E-state index in [2.05, 4.69) is 0 Å². The molecule has 0 aliphatic heterocycles. The summed E-state index contributed by atoms with van der Waals surface area (Å²) in [6, 6.07) is 5.63. The Labute approximate surface area is 294 Å². The van der Waals surface area contributed by atoms with Crippen LogP contribution in [0.1, 0.15) is 129 Å². The van der Waals surface area contributed by atoms with Gasteiger partial charge in [0.05, 0.1) is 5.56 Å². The lowest BCUT2D eigenvalue weighted by Crippen LogP contribution is -2.51. The third-order valence-corrected chi connectivity index (χ3v) is 8.70. The lowest BCUT2D eigenvalue weighted by molar-refractivity contribution is -0.346. The predicted molar refractivity (Wildman–Crippen MR) is 179 cm³/mol. The number of allylic oxidation sites excluding steroid dienone is 2. The second kappa shape index (κ2) is 16.9. The first-order chi connectivity index (χ1) is 23.1.